The van der Waals surface area contributed by atoms with Gasteiger partial charge >= 0.3 is 0 Å². The van der Waals surface area contributed by atoms with E-state index in [4.69, 9.17) is 4.84 Å². The highest BCUT2D eigenvalue weighted by atomic mass is 19.1. The molecule has 2 fully saturated rings. The van der Waals surface area contributed by atoms with Gasteiger partial charge in [0.2, 0.25) is 5.91 Å². The number of carbonyl (C=O) groups excluding carboxylic acids is 2. The molecule has 1 spiro atoms. The van der Waals surface area contributed by atoms with E-state index < -0.39 is 23.1 Å². The van der Waals surface area contributed by atoms with Gasteiger partial charge in [0.05, 0.1) is 31.6 Å². The number of rotatable bonds is 3. The van der Waals surface area contributed by atoms with E-state index >= 15 is 0 Å². The second-order valence-electron chi connectivity index (χ2n) is 6.65. The molecule has 2 aliphatic heterocycles. The largest absolute Gasteiger partial charge is 0.332 e. The summed E-state index contributed by atoms with van der Waals surface area (Å²) >= 11 is 0. The molecule has 0 N–H and O–H groups in total. The van der Waals surface area contributed by atoms with Gasteiger partial charge in [0.15, 0.2) is 0 Å². The van der Waals surface area contributed by atoms with Crippen LogP contribution in [0, 0.1) is 11.6 Å². The summed E-state index contributed by atoms with van der Waals surface area (Å²) in [6, 6.07) is 12.2. The summed E-state index contributed by atoms with van der Waals surface area (Å²) in [5.41, 5.74) is -0.150. The highest BCUT2D eigenvalue weighted by Crippen LogP contribution is 2.37. The van der Waals surface area contributed by atoms with Gasteiger partial charge in [-0.3, -0.25) is 14.4 Å². The fourth-order valence-electron chi connectivity index (χ4n) is 3.34. The van der Waals surface area contributed by atoms with E-state index in [1.165, 1.54) is 9.96 Å². The third kappa shape index (κ3) is 2.94. The maximum absolute atomic E-state index is 13.8. The lowest BCUT2D eigenvalue weighted by Crippen LogP contribution is -2.63. The molecule has 2 aromatic carbocycles. The minimum Gasteiger partial charge on any atom is -0.332 e. The number of amides is 2. The van der Waals surface area contributed by atoms with Crippen molar-refractivity contribution in [2.75, 3.05) is 13.1 Å². The number of halogens is 2. The first-order valence-corrected chi connectivity index (χ1v) is 8.24. The average molecular weight is 358 g/mol. The number of hydrogen-bond acceptors (Lipinski definition) is 3. The SMILES string of the molecule is O=C(c1cc(F)ccc1F)N1CC2(CC(=O)N(Cc3ccccc3)O2)C1. The first-order chi connectivity index (χ1) is 12.5. The molecule has 2 saturated heterocycles. The van der Waals surface area contributed by atoms with Gasteiger partial charge in [0.25, 0.3) is 5.91 Å². The van der Waals surface area contributed by atoms with Crippen molar-refractivity contribution < 1.29 is 23.2 Å². The molecule has 2 heterocycles. The van der Waals surface area contributed by atoms with Crippen molar-refractivity contribution in [2.45, 2.75) is 18.6 Å². The van der Waals surface area contributed by atoms with Gasteiger partial charge in [-0.25, -0.2) is 13.8 Å². The van der Waals surface area contributed by atoms with Gasteiger partial charge in [-0.15, -0.1) is 0 Å². The van der Waals surface area contributed by atoms with Crippen LogP contribution in [0.3, 0.4) is 0 Å². The average Bonchev–Trinajstić information content (AvgIpc) is 2.93. The van der Waals surface area contributed by atoms with Gasteiger partial charge in [0, 0.05) is 0 Å². The maximum Gasteiger partial charge on any atom is 0.257 e. The third-order valence-electron chi connectivity index (χ3n) is 4.63. The summed E-state index contributed by atoms with van der Waals surface area (Å²) in [4.78, 5) is 31.7. The van der Waals surface area contributed by atoms with Crippen LogP contribution in [0.25, 0.3) is 0 Å². The molecular weight excluding hydrogens is 342 g/mol. The molecule has 0 atom stereocenters. The van der Waals surface area contributed by atoms with E-state index in [9.17, 15) is 18.4 Å². The Labute approximate surface area is 148 Å². The number of carbonyl (C=O) groups is 2. The van der Waals surface area contributed by atoms with Gasteiger partial charge < -0.3 is 4.90 Å². The first kappa shape index (κ1) is 16.7. The van der Waals surface area contributed by atoms with Crippen molar-refractivity contribution in [1.82, 2.24) is 9.96 Å². The lowest BCUT2D eigenvalue weighted by atomic mass is 9.90. The van der Waals surface area contributed by atoms with Gasteiger partial charge in [0.1, 0.15) is 17.2 Å². The van der Waals surface area contributed by atoms with Crippen LogP contribution >= 0.6 is 0 Å². The van der Waals surface area contributed by atoms with E-state index in [1.54, 1.807) is 0 Å². The van der Waals surface area contributed by atoms with Crippen molar-refractivity contribution in [2.24, 2.45) is 0 Å². The lowest BCUT2D eigenvalue weighted by molar-refractivity contribution is -0.233. The number of benzene rings is 2. The summed E-state index contributed by atoms with van der Waals surface area (Å²) in [6.45, 7) is 0.658. The van der Waals surface area contributed by atoms with Crippen LogP contribution in [0.15, 0.2) is 48.5 Å². The minimum absolute atomic E-state index is 0.155. The zero-order chi connectivity index (χ0) is 18.3. The number of hydroxylamine groups is 2. The Morgan fingerprint density at radius 3 is 2.58 bits per heavy atom. The fraction of sp³-hybridized carbons (Fsp3) is 0.263. The normalized spacial score (nSPS) is 18.3. The zero-order valence-corrected chi connectivity index (χ0v) is 13.8. The molecule has 0 saturated carbocycles. The van der Waals surface area contributed by atoms with Crippen LogP contribution in [0.1, 0.15) is 22.3 Å². The summed E-state index contributed by atoms with van der Waals surface area (Å²) in [7, 11) is 0. The van der Waals surface area contributed by atoms with E-state index in [2.05, 4.69) is 0 Å². The quantitative estimate of drug-likeness (QED) is 0.847. The third-order valence-corrected chi connectivity index (χ3v) is 4.63. The second kappa shape index (κ2) is 6.17. The van der Waals surface area contributed by atoms with Crippen LogP contribution in [0.2, 0.25) is 0 Å². The Kier molecular flexibility index (Phi) is 3.96. The molecule has 0 bridgehead atoms. The van der Waals surface area contributed by atoms with Crippen molar-refractivity contribution in [3.63, 3.8) is 0 Å². The maximum atomic E-state index is 13.8. The number of nitrogens with zero attached hydrogens (tertiary/aromatic N) is 2. The second-order valence-corrected chi connectivity index (χ2v) is 6.65. The molecule has 5 nitrogen and oxygen atoms in total. The molecule has 0 unspecified atom stereocenters. The van der Waals surface area contributed by atoms with Crippen molar-refractivity contribution in [1.29, 1.82) is 0 Å². The monoisotopic (exact) mass is 358 g/mol. The molecule has 26 heavy (non-hydrogen) atoms. The van der Waals surface area contributed by atoms with Crippen LogP contribution in [0.4, 0.5) is 8.78 Å². The lowest BCUT2D eigenvalue weighted by Gasteiger charge is -2.45. The van der Waals surface area contributed by atoms with Crippen LogP contribution in [-0.2, 0) is 16.2 Å². The minimum atomic E-state index is -0.772. The highest BCUT2D eigenvalue weighted by Gasteiger charge is 2.55. The van der Waals surface area contributed by atoms with E-state index in [-0.39, 0.29) is 31.0 Å². The van der Waals surface area contributed by atoms with Crippen LogP contribution in [0.5, 0.6) is 0 Å². The van der Waals surface area contributed by atoms with Crippen LogP contribution < -0.4 is 0 Å². The molecular formula is C19H16F2N2O3. The Morgan fingerprint density at radius 2 is 1.85 bits per heavy atom. The van der Waals surface area contributed by atoms with E-state index in [1.807, 2.05) is 30.3 Å². The van der Waals surface area contributed by atoms with Gasteiger partial charge in [-0.1, -0.05) is 30.3 Å². The molecule has 4 rings (SSSR count). The molecule has 2 aromatic rings. The fourth-order valence-corrected chi connectivity index (χ4v) is 3.34. The molecule has 0 aromatic heterocycles. The van der Waals surface area contributed by atoms with E-state index in [0.29, 0.717) is 6.54 Å². The Hall–Kier alpha value is -2.80. The predicted octanol–water partition coefficient (Wildman–Crippen LogP) is 2.52. The molecule has 2 aliphatic rings. The van der Waals surface area contributed by atoms with Crippen LogP contribution in [-0.4, -0.2) is 40.5 Å². The molecule has 134 valence electrons. The Morgan fingerprint density at radius 1 is 1.12 bits per heavy atom. The standard InChI is InChI=1S/C19H16F2N2O3/c20-14-6-7-16(21)15(8-14)18(25)22-11-19(12-22)9-17(24)23(26-19)10-13-4-2-1-3-5-13/h1-8H,9-12H2. The van der Waals surface area contributed by atoms with Crippen molar-refractivity contribution in [3.05, 3.63) is 71.3 Å². The van der Waals surface area contributed by atoms with Gasteiger partial charge in [-0.05, 0) is 23.8 Å². The van der Waals surface area contributed by atoms with Gasteiger partial charge in [-0.2, -0.15) is 0 Å². The summed E-state index contributed by atoms with van der Waals surface area (Å²) in [5, 5.41) is 1.31. The smallest absolute Gasteiger partial charge is 0.257 e. The Balaban J connectivity index is 1.41. The number of hydrogen-bond donors (Lipinski definition) is 0. The molecule has 2 amide bonds. The predicted molar refractivity (Wildman–Crippen MR) is 87.7 cm³/mol. The molecule has 0 radical (unpaired) electrons. The zero-order valence-electron chi connectivity index (χ0n) is 13.8. The molecule has 7 heteroatoms. The summed E-state index contributed by atoms with van der Waals surface area (Å²) in [5.74, 6) is -2.21. The molecule has 0 aliphatic carbocycles. The van der Waals surface area contributed by atoms with Crippen molar-refractivity contribution >= 4 is 11.8 Å². The van der Waals surface area contributed by atoms with Crippen molar-refractivity contribution in [3.8, 4) is 0 Å². The Bertz CT molecular complexity index is 866. The summed E-state index contributed by atoms with van der Waals surface area (Å²) < 4.78 is 27.1. The number of likely N-dealkylation sites (tertiary alicyclic amines) is 1. The van der Waals surface area contributed by atoms with E-state index in [0.717, 1.165) is 23.8 Å². The summed E-state index contributed by atoms with van der Waals surface area (Å²) in [6.07, 6.45) is 0.162. The topological polar surface area (TPSA) is 49.9 Å². The highest BCUT2D eigenvalue weighted by molar-refractivity contribution is 5.95. The first-order valence-electron chi connectivity index (χ1n) is 8.24.